The van der Waals surface area contributed by atoms with E-state index in [2.05, 4.69) is 4.52 Å². The molecule has 0 unspecified atom stereocenters. The van der Waals surface area contributed by atoms with Gasteiger partial charge in [-0.2, -0.15) is 0 Å². The van der Waals surface area contributed by atoms with Gasteiger partial charge in [0.2, 0.25) is 0 Å². The van der Waals surface area contributed by atoms with E-state index in [-0.39, 0.29) is 23.9 Å². The highest BCUT2D eigenvalue weighted by molar-refractivity contribution is 7.43. The van der Waals surface area contributed by atoms with Crippen molar-refractivity contribution in [1.82, 2.24) is 18.5 Å². The van der Waals surface area contributed by atoms with E-state index in [1.165, 1.54) is 0 Å². The van der Waals surface area contributed by atoms with Crippen molar-refractivity contribution in [1.29, 1.82) is 0 Å². The number of phosphoric ester groups is 1. The molecule has 0 aromatic heterocycles. The molecular formula is C2H16N3O7P. The Morgan fingerprint density at radius 2 is 1.54 bits per heavy atom. The van der Waals surface area contributed by atoms with Gasteiger partial charge in [0.15, 0.2) is 0 Å². The summed E-state index contributed by atoms with van der Waals surface area (Å²) >= 11 is 0. The van der Waals surface area contributed by atoms with Gasteiger partial charge in [-0.3, -0.25) is 0 Å². The molecule has 0 atom stereocenters. The normalized spacial score (nSPS) is 7.85. The first-order valence-electron chi connectivity index (χ1n) is 1.78. The van der Waals surface area contributed by atoms with Crippen LogP contribution in [0.5, 0.6) is 0 Å². The second kappa shape index (κ2) is 11.4. The molecule has 0 aromatic rings. The molecule has 0 bridgehead atoms. The molecule has 0 heterocycles. The minimum atomic E-state index is -5.14. The summed E-state index contributed by atoms with van der Waals surface area (Å²) in [7, 11) is -5.14. The molecule has 0 aliphatic heterocycles. The molecule has 13 heavy (non-hydrogen) atoms. The Labute approximate surface area is 74.2 Å². The SMILES string of the molecule is O.O=C([O-])COP(=O)([O-])[O-].[NH4+].[NH4+].[NH4+]. The number of quaternary nitrogens is 3. The van der Waals surface area contributed by atoms with Crippen LogP contribution in [0.2, 0.25) is 0 Å². The van der Waals surface area contributed by atoms with Crippen molar-refractivity contribution < 1.29 is 34.3 Å². The standard InChI is InChI=1S/C2H5O6P.3H3N.H2O/c3-2(4)1-8-9(5,6)7;;;;/h1H2,(H,3,4)(H2,5,6,7);3*1H3;1H2. The number of aliphatic carboxylic acids is 1. The third kappa shape index (κ3) is 34.5. The van der Waals surface area contributed by atoms with Crippen molar-refractivity contribution in [3.8, 4) is 0 Å². The number of rotatable bonds is 3. The topological polar surface area (TPSA) is 254 Å². The summed E-state index contributed by atoms with van der Waals surface area (Å²) in [6.07, 6.45) is 0. The van der Waals surface area contributed by atoms with Gasteiger partial charge in [-0.05, 0) is 0 Å². The Morgan fingerprint density at radius 3 is 1.62 bits per heavy atom. The Morgan fingerprint density at radius 1 is 1.23 bits per heavy atom. The fraction of sp³-hybridized carbons (Fsp3) is 0.500. The molecule has 11 heteroatoms. The molecule has 0 rings (SSSR count). The average Bonchev–Trinajstić information content (AvgIpc) is 1.59. The van der Waals surface area contributed by atoms with E-state index in [9.17, 15) is 24.3 Å². The number of carboxylic acids is 1. The Hall–Kier alpha value is -0.580. The summed E-state index contributed by atoms with van der Waals surface area (Å²) in [5, 5.41) is 9.41. The van der Waals surface area contributed by atoms with Crippen molar-refractivity contribution in [2.24, 2.45) is 0 Å². The van der Waals surface area contributed by atoms with Crippen LogP contribution < -0.4 is 33.3 Å². The third-order valence-electron chi connectivity index (χ3n) is 0.341. The fourth-order valence-electron chi connectivity index (χ4n) is 0.132. The highest BCUT2D eigenvalue weighted by Crippen LogP contribution is 2.23. The van der Waals surface area contributed by atoms with Crippen LogP contribution in [0, 0.1) is 0 Å². The molecule has 0 amide bonds. The monoisotopic (exact) mass is 225 g/mol. The maximum Gasteiger partial charge on any atom is 0.0913 e. The molecule has 14 N–H and O–H groups in total. The van der Waals surface area contributed by atoms with E-state index in [1.807, 2.05) is 0 Å². The summed E-state index contributed by atoms with van der Waals surface area (Å²) in [5.41, 5.74) is 0. The molecule has 0 aliphatic carbocycles. The van der Waals surface area contributed by atoms with E-state index < -0.39 is 20.4 Å². The highest BCUT2D eigenvalue weighted by Gasteiger charge is 1.89. The number of phosphoric acid groups is 1. The minimum Gasteiger partial charge on any atom is -0.790 e. The van der Waals surface area contributed by atoms with Gasteiger partial charge < -0.3 is 52.7 Å². The van der Waals surface area contributed by atoms with Gasteiger partial charge in [-0.15, -0.1) is 0 Å². The van der Waals surface area contributed by atoms with Gasteiger partial charge in [0.1, 0.15) is 0 Å². The lowest BCUT2D eigenvalue weighted by atomic mass is 10.8. The summed E-state index contributed by atoms with van der Waals surface area (Å²) in [5.74, 6) is -1.75. The quantitative estimate of drug-likeness (QED) is 0.418. The van der Waals surface area contributed by atoms with Gasteiger partial charge in [0.05, 0.1) is 20.4 Å². The zero-order valence-electron chi connectivity index (χ0n) is 7.60. The van der Waals surface area contributed by atoms with E-state index in [4.69, 9.17) is 0 Å². The maximum atomic E-state index is 9.49. The number of hydrogen-bond donors (Lipinski definition) is 3. The summed E-state index contributed by atoms with van der Waals surface area (Å²) in [4.78, 5) is 28.4. The van der Waals surface area contributed by atoms with Crippen LogP contribution in [0.4, 0.5) is 0 Å². The van der Waals surface area contributed by atoms with Crippen LogP contribution in [0.1, 0.15) is 0 Å². The van der Waals surface area contributed by atoms with Crippen LogP contribution >= 0.6 is 7.82 Å². The van der Waals surface area contributed by atoms with Gasteiger partial charge in [0.25, 0.3) is 0 Å². The minimum absolute atomic E-state index is 0. The largest absolute Gasteiger partial charge is 0.790 e. The zero-order valence-corrected chi connectivity index (χ0v) is 8.50. The predicted octanol–water partition coefficient (Wildman–Crippen LogP) is -3.11. The predicted molar refractivity (Wildman–Crippen MR) is 40.1 cm³/mol. The Balaban J connectivity index is -0.0000000533. The van der Waals surface area contributed by atoms with Crippen molar-refractivity contribution in [3.05, 3.63) is 0 Å². The fourth-order valence-corrected chi connectivity index (χ4v) is 0.395. The van der Waals surface area contributed by atoms with E-state index in [1.54, 1.807) is 0 Å². The van der Waals surface area contributed by atoms with E-state index in [0.717, 1.165) is 0 Å². The van der Waals surface area contributed by atoms with Crippen molar-refractivity contribution in [3.63, 3.8) is 0 Å². The smallest absolute Gasteiger partial charge is 0.0913 e. The summed E-state index contributed by atoms with van der Waals surface area (Å²) < 4.78 is 12.8. The molecule has 10 nitrogen and oxygen atoms in total. The lowest BCUT2D eigenvalue weighted by Crippen LogP contribution is -2.29. The zero-order chi connectivity index (χ0) is 7.49. The third-order valence-corrected chi connectivity index (χ3v) is 0.786. The number of hydrogen-bond acceptors (Lipinski definition) is 6. The van der Waals surface area contributed by atoms with Crippen LogP contribution in [0.3, 0.4) is 0 Å². The van der Waals surface area contributed by atoms with Crippen molar-refractivity contribution in [2.75, 3.05) is 6.61 Å². The lowest BCUT2D eigenvalue weighted by molar-refractivity contribution is -0.347. The van der Waals surface area contributed by atoms with E-state index >= 15 is 0 Å². The van der Waals surface area contributed by atoms with Gasteiger partial charge in [-0.1, -0.05) is 0 Å². The number of carbonyl (C=O) groups is 1. The van der Waals surface area contributed by atoms with Crippen molar-refractivity contribution in [2.45, 2.75) is 0 Å². The molecule has 0 spiro atoms. The first kappa shape index (κ1) is 29.4. The molecule has 0 fully saturated rings. The maximum absolute atomic E-state index is 9.49. The number of carbonyl (C=O) groups excluding carboxylic acids is 1. The van der Waals surface area contributed by atoms with Gasteiger partial charge >= 0.3 is 0 Å². The summed E-state index contributed by atoms with van der Waals surface area (Å²) in [6.45, 7) is -1.22. The second-order valence-corrected chi connectivity index (χ2v) is 2.25. The molecule has 86 valence electrons. The van der Waals surface area contributed by atoms with Crippen molar-refractivity contribution >= 4 is 13.8 Å². The summed E-state index contributed by atoms with van der Waals surface area (Å²) in [6, 6.07) is 0. The molecule has 0 saturated carbocycles. The molecular weight excluding hydrogens is 209 g/mol. The molecule has 0 aliphatic rings. The average molecular weight is 225 g/mol. The van der Waals surface area contributed by atoms with Crippen LogP contribution in [0.25, 0.3) is 0 Å². The molecule has 0 radical (unpaired) electrons. The van der Waals surface area contributed by atoms with Gasteiger partial charge in [-0.25, -0.2) is 0 Å². The van der Waals surface area contributed by atoms with Crippen LogP contribution in [-0.4, -0.2) is 18.1 Å². The lowest BCUT2D eigenvalue weighted by Gasteiger charge is -2.28. The molecule has 0 aromatic carbocycles. The second-order valence-electron chi connectivity index (χ2n) is 1.09. The Kier molecular flexibility index (Phi) is 25.8. The number of carboxylic acid groups (broad SMARTS) is 1. The first-order valence-corrected chi connectivity index (χ1v) is 3.24. The molecule has 0 saturated heterocycles. The first-order chi connectivity index (χ1) is 3.92. The van der Waals surface area contributed by atoms with Crippen LogP contribution in [0.15, 0.2) is 0 Å². The Bertz CT molecular complexity index is 156. The van der Waals surface area contributed by atoms with E-state index in [0.29, 0.717) is 0 Å². The van der Waals surface area contributed by atoms with Crippen LogP contribution in [-0.2, 0) is 13.9 Å². The van der Waals surface area contributed by atoms with Gasteiger partial charge in [0, 0.05) is 0 Å². The highest BCUT2D eigenvalue weighted by atomic mass is 31.2.